The number of benzene rings is 4. The zero-order valence-corrected chi connectivity index (χ0v) is 18.6. The van der Waals surface area contributed by atoms with E-state index in [1.54, 1.807) is 0 Å². The lowest BCUT2D eigenvalue weighted by molar-refractivity contribution is 0.564. The van der Waals surface area contributed by atoms with Gasteiger partial charge in [0.25, 0.3) is 0 Å². The minimum absolute atomic E-state index is 0.502. The molecule has 0 aliphatic carbocycles. The summed E-state index contributed by atoms with van der Waals surface area (Å²) in [6, 6.07) is 42.4. The average molecular weight is 408 g/mol. The van der Waals surface area contributed by atoms with Gasteiger partial charge in [-0.25, -0.2) is 0 Å². The Morgan fingerprint density at radius 1 is 0.484 bits per heavy atom. The zero-order chi connectivity index (χ0) is 21.7. The van der Waals surface area contributed by atoms with Gasteiger partial charge < -0.3 is 5.32 Å². The average Bonchev–Trinajstić information content (AvgIpc) is 2.82. The van der Waals surface area contributed by atoms with Gasteiger partial charge in [0, 0.05) is 19.0 Å². The Hall–Kier alpha value is -3.16. The Morgan fingerprint density at radius 2 is 0.806 bits per heavy atom. The summed E-state index contributed by atoms with van der Waals surface area (Å²) in [5.41, 5.74) is 5.47. The molecule has 0 saturated heterocycles. The first-order valence-electron chi connectivity index (χ1n) is 11.1. The fourth-order valence-electron chi connectivity index (χ4n) is 3.83. The van der Waals surface area contributed by atoms with Crippen LogP contribution in [0.25, 0.3) is 0 Å². The Labute approximate surface area is 187 Å². The van der Waals surface area contributed by atoms with Crippen molar-refractivity contribution in [3.05, 3.63) is 144 Å². The monoisotopic (exact) mass is 407 g/mol. The molecule has 4 aromatic carbocycles. The molecule has 1 N–H and O–H groups in total. The summed E-state index contributed by atoms with van der Waals surface area (Å²) in [6.07, 6.45) is 0. The van der Waals surface area contributed by atoms with Gasteiger partial charge in [-0.2, -0.15) is 0 Å². The molecule has 0 atom stereocenters. The quantitative estimate of drug-likeness (QED) is 0.335. The molecule has 1 heteroatoms. The standard InChI is InChI=1S/C16H18.C14H15N/c1-13(2)16(14-9-5-3-6-10-14)15-11-7-4-8-12-15;1-3-7-13(8-4-1)11-15-12-14-9-5-2-6-10-14/h3-13,16H,1-2H3;1-10,15H,11-12H2. The lowest BCUT2D eigenvalue weighted by Crippen LogP contribution is -2.12. The molecule has 4 aromatic rings. The van der Waals surface area contributed by atoms with Gasteiger partial charge >= 0.3 is 0 Å². The van der Waals surface area contributed by atoms with Gasteiger partial charge in [-0.3, -0.25) is 0 Å². The maximum Gasteiger partial charge on any atom is 0.0208 e. The van der Waals surface area contributed by atoms with Crippen molar-refractivity contribution in [1.29, 1.82) is 0 Å². The fraction of sp³-hybridized carbons (Fsp3) is 0.200. The molecule has 0 heterocycles. The van der Waals surface area contributed by atoms with Gasteiger partial charge in [-0.1, -0.05) is 135 Å². The number of hydrogen-bond donors (Lipinski definition) is 1. The molecule has 0 bridgehead atoms. The summed E-state index contributed by atoms with van der Waals surface area (Å²) in [5.74, 6) is 1.12. The van der Waals surface area contributed by atoms with Crippen molar-refractivity contribution >= 4 is 0 Å². The van der Waals surface area contributed by atoms with Crippen LogP contribution in [-0.2, 0) is 13.1 Å². The number of nitrogens with one attached hydrogen (secondary N) is 1. The highest BCUT2D eigenvalue weighted by Crippen LogP contribution is 2.31. The van der Waals surface area contributed by atoms with Crippen molar-refractivity contribution in [1.82, 2.24) is 5.32 Å². The summed E-state index contributed by atoms with van der Waals surface area (Å²) in [4.78, 5) is 0. The second-order valence-corrected chi connectivity index (χ2v) is 8.12. The number of hydrogen-bond acceptors (Lipinski definition) is 1. The van der Waals surface area contributed by atoms with E-state index in [0.717, 1.165) is 13.1 Å². The van der Waals surface area contributed by atoms with E-state index < -0.39 is 0 Å². The van der Waals surface area contributed by atoms with Crippen LogP contribution in [0.5, 0.6) is 0 Å². The molecule has 0 aliphatic rings. The summed E-state index contributed by atoms with van der Waals surface area (Å²) in [5, 5.41) is 3.42. The van der Waals surface area contributed by atoms with E-state index in [1.165, 1.54) is 22.3 Å². The summed E-state index contributed by atoms with van der Waals surface area (Å²) < 4.78 is 0. The molecule has 0 aliphatic heterocycles. The maximum atomic E-state index is 3.42. The molecular weight excluding hydrogens is 374 g/mol. The third-order valence-electron chi connectivity index (χ3n) is 5.33. The van der Waals surface area contributed by atoms with Crippen LogP contribution in [-0.4, -0.2) is 0 Å². The van der Waals surface area contributed by atoms with Crippen LogP contribution in [0.4, 0.5) is 0 Å². The van der Waals surface area contributed by atoms with Crippen LogP contribution in [0.2, 0.25) is 0 Å². The third kappa shape index (κ3) is 7.55. The molecule has 0 spiro atoms. The molecular formula is C30H33N. The van der Waals surface area contributed by atoms with Gasteiger partial charge in [0.15, 0.2) is 0 Å². The van der Waals surface area contributed by atoms with Crippen molar-refractivity contribution in [2.24, 2.45) is 5.92 Å². The highest BCUT2D eigenvalue weighted by atomic mass is 14.8. The predicted octanol–water partition coefficient (Wildman–Crippen LogP) is 7.45. The Balaban J connectivity index is 0.000000176. The molecule has 0 fully saturated rings. The topological polar surface area (TPSA) is 12.0 Å². The Bertz CT molecular complexity index is 885. The van der Waals surface area contributed by atoms with Gasteiger partial charge in [0.1, 0.15) is 0 Å². The first-order valence-corrected chi connectivity index (χ1v) is 11.1. The van der Waals surface area contributed by atoms with Gasteiger partial charge in [0.2, 0.25) is 0 Å². The van der Waals surface area contributed by atoms with Crippen LogP contribution in [0, 0.1) is 5.92 Å². The second-order valence-electron chi connectivity index (χ2n) is 8.12. The fourth-order valence-corrected chi connectivity index (χ4v) is 3.83. The van der Waals surface area contributed by atoms with E-state index in [4.69, 9.17) is 0 Å². The minimum atomic E-state index is 0.502. The lowest BCUT2D eigenvalue weighted by Gasteiger charge is -2.21. The predicted molar refractivity (Wildman–Crippen MR) is 133 cm³/mol. The molecule has 158 valence electrons. The molecule has 0 saturated carbocycles. The Kier molecular flexibility index (Phi) is 9.09. The lowest BCUT2D eigenvalue weighted by atomic mass is 9.83. The van der Waals surface area contributed by atoms with E-state index in [0.29, 0.717) is 11.8 Å². The molecule has 0 unspecified atom stereocenters. The summed E-state index contributed by atoms with van der Waals surface area (Å²) >= 11 is 0. The van der Waals surface area contributed by atoms with E-state index in [-0.39, 0.29) is 0 Å². The molecule has 4 rings (SSSR count). The van der Waals surface area contributed by atoms with Gasteiger partial charge in [0.05, 0.1) is 0 Å². The summed E-state index contributed by atoms with van der Waals surface area (Å²) in [6.45, 7) is 6.42. The van der Waals surface area contributed by atoms with E-state index >= 15 is 0 Å². The van der Waals surface area contributed by atoms with Crippen molar-refractivity contribution in [2.75, 3.05) is 0 Å². The molecule has 31 heavy (non-hydrogen) atoms. The van der Waals surface area contributed by atoms with Crippen LogP contribution < -0.4 is 5.32 Å². The van der Waals surface area contributed by atoms with Crippen molar-refractivity contribution < 1.29 is 0 Å². The second kappa shape index (κ2) is 12.5. The van der Waals surface area contributed by atoms with Crippen LogP contribution >= 0.6 is 0 Å². The third-order valence-corrected chi connectivity index (χ3v) is 5.33. The highest BCUT2D eigenvalue weighted by molar-refractivity contribution is 5.32. The first kappa shape index (κ1) is 22.5. The van der Waals surface area contributed by atoms with E-state index in [1.807, 2.05) is 12.1 Å². The molecule has 0 aromatic heterocycles. The van der Waals surface area contributed by atoms with Crippen molar-refractivity contribution in [3.63, 3.8) is 0 Å². The van der Waals surface area contributed by atoms with Gasteiger partial charge in [-0.05, 0) is 28.2 Å². The highest BCUT2D eigenvalue weighted by Gasteiger charge is 2.17. The van der Waals surface area contributed by atoms with E-state index in [2.05, 4.69) is 128 Å². The van der Waals surface area contributed by atoms with Crippen LogP contribution in [0.3, 0.4) is 0 Å². The smallest absolute Gasteiger partial charge is 0.0208 e. The molecule has 0 radical (unpaired) electrons. The first-order chi connectivity index (χ1) is 15.2. The van der Waals surface area contributed by atoms with Crippen molar-refractivity contribution in [2.45, 2.75) is 32.9 Å². The zero-order valence-electron chi connectivity index (χ0n) is 18.6. The maximum absolute atomic E-state index is 3.42. The summed E-state index contributed by atoms with van der Waals surface area (Å²) in [7, 11) is 0. The van der Waals surface area contributed by atoms with E-state index in [9.17, 15) is 0 Å². The van der Waals surface area contributed by atoms with Crippen molar-refractivity contribution in [3.8, 4) is 0 Å². The SMILES string of the molecule is CC(C)C(c1ccccc1)c1ccccc1.c1ccc(CNCc2ccccc2)cc1. The minimum Gasteiger partial charge on any atom is -0.309 e. The Morgan fingerprint density at radius 3 is 1.13 bits per heavy atom. The van der Waals surface area contributed by atoms with Gasteiger partial charge in [-0.15, -0.1) is 0 Å². The number of rotatable bonds is 7. The molecule has 1 nitrogen and oxygen atoms in total. The van der Waals surface area contributed by atoms with Crippen LogP contribution in [0.15, 0.2) is 121 Å². The molecule has 0 amide bonds. The normalized spacial score (nSPS) is 10.6. The van der Waals surface area contributed by atoms with Crippen LogP contribution in [0.1, 0.15) is 42.0 Å². The largest absolute Gasteiger partial charge is 0.309 e.